The number of anilines is 1. The molecule has 0 spiro atoms. The van der Waals surface area contributed by atoms with Crippen molar-refractivity contribution < 1.29 is 9.53 Å². The van der Waals surface area contributed by atoms with Gasteiger partial charge < -0.3 is 15.4 Å². The summed E-state index contributed by atoms with van der Waals surface area (Å²) in [7, 11) is 0. The number of ether oxygens (including phenoxy) is 1. The molecule has 140 valence electrons. The molecule has 0 atom stereocenters. The van der Waals surface area contributed by atoms with Crippen LogP contribution in [0.2, 0.25) is 0 Å². The number of rotatable bonds is 2. The van der Waals surface area contributed by atoms with Gasteiger partial charge in [0.15, 0.2) is 0 Å². The minimum Gasteiger partial charge on any atom is -0.445 e. The Morgan fingerprint density at radius 3 is 2.42 bits per heavy atom. The highest BCUT2D eigenvalue weighted by atomic mass is 16.6. The minimum atomic E-state index is -0.246. The lowest BCUT2D eigenvalue weighted by Crippen LogP contribution is -2.33. The standard InChI is InChI=1S/C18H20N2O2.C3H6.CH4/c19-17-7-6-15-8-10-20(11-9-16(15)12-17)18(21)22-13-14-4-2-1-3-5-14;1-3-2;/h1-7,12H,8-11,13,19H2;3H,1H2,2H3;1H4. The summed E-state index contributed by atoms with van der Waals surface area (Å²) in [4.78, 5) is 14.0. The molecule has 1 heterocycles. The van der Waals surface area contributed by atoms with Gasteiger partial charge in [0.25, 0.3) is 0 Å². The van der Waals surface area contributed by atoms with Gasteiger partial charge in [-0.1, -0.05) is 49.9 Å². The predicted molar refractivity (Wildman–Crippen MR) is 109 cm³/mol. The molecule has 4 heteroatoms. The van der Waals surface area contributed by atoms with Crippen LogP contribution in [0, 0.1) is 0 Å². The van der Waals surface area contributed by atoms with E-state index in [1.54, 1.807) is 11.0 Å². The normalized spacial score (nSPS) is 12.4. The third kappa shape index (κ3) is 6.28. The molecule has 26 heavy (non-hydrogen) atoms. The van der Waals surface area contributed by atoms with Crippen LogP contribution in [0.15, 0.2) is 61.2 Å². The molecule has 2 aromatic rings. The number of nitrogen functional groups attached to an aromatic ring is 1. The lowest BCUT2D eigenvalue weighted by atomic mass is 10.0. The zero-order valence-corrected chi connectivity index (χ0v) is 14.8. The van der Waals surface area contributed by atoms with Gasteiger partial charge in [0.05, 0.1) is 0 Å². The Kier molecular flexibility index (Phi) is 8.99. The first-order valence-electron chi connectivity index (χ1n) is 8.54. The molecule has 0 unspecified atom stereocenters. The van der Waals surface area contributed by atoms with E-state index in [1.165, 1.54) is 11.1 Å². The van der Waals surface area contributed by atoms with Crippen molar-refractivity contribution in [3.63, 3.8) is 0 Å². The van der Waals surface area contributed by atoms with Crippen molar-refractivity contribution in [3.05, 3.63) is 77.9 Å². The zero-order chi connectivity index (χ0) is 18.1. The third-order valence-corrected chi connectivity index (χ3v) is 4.00. The van der Waals surface area contributed by atoms with Crippen LogP contribution in [0.3, 0.4) is 0 Å². The number of fused-ring (bicyclic) bond motifs is 1. The fraction of sp³-hybridized carbons (Fsp3) is 0.318. The Hall–Kier alpha value is -2.75. The average molecular weight is 354 g/mol. The summed E-state index contributed by atoms with van der Waals surface area (Å²) in [5, 5.41) is 0. The largest absolute Gasteiger partial charge is 0.445 e. The smallest absolute Gasteiger partial charge is 0.410 e. The molecule has 1 amide bonds. The molecule has 3 rings (SSSR count). The van der Waals surface area contributed by atoms with E-state index in [9.17, 15) is 4.79 Å². The highest BCUT2D eigenvalue weighted by Gasteiger charge is 2.19. The van der Waals surface area contributed by atoms with Crippen LogP contribution in [0.25, 0.3) is 0 Å². The van der Waals surface area contributed by atoms with Gasteiger partial charge in [-0.05, 0) is 48.6 Å². The van der Waals surface area contributed by atoms with Crippen LogP contribution in [0.5, 0.6) is 0 Å². The fourth-order valence-corrected chi connectivity index (χ4v) is 2.74. The summed E-state index contributed by atoms with van der Waals surface area (Å²) in [6, 6.07) is 15.7. The highest BCUT2D eigenvalue weighted by Crippen LogP contribution is 2.19. The Labute approximate surface area is 157 Å². The van der Waals surface area contributed by atoms with Crippen LogP contribution in [0.4, 0.5) is 10.5 Å². The average Bonchev–Trinajstić information content (AvgIpc) is 2.83. The van der Waals surface area contributed by atoms with Crippen LogP contribution < -0.4 is 5.73 Å². The van der Waals surface area contributed by atoms with Crippen molar-refractivity contribution in [1.29, 1.82) is 0 Å². The SMILES string of the molecule is C.C=CC.Nc1ccc2c(c1)CCN(C(=O)OCc1ccccc1)CC2. The molecule has 0 fully saturated rings. The van der Waals surface area contributed by atoms with Gasteiger partial charge in [-0.2, -0.15) is 0 Å². The molecule has 0 aromatic heterocycles. The second kappa shape index (κ2) is 11.0. The number of benzene rings is 2. The van der Waals surface area contributed by atoms with Gasteiger partial charge in [-0.15, -0.1) is 6.58 Å². The maximum Gasteiger partial charge on any atom is 0.410 e. The van der Waals surface area contributed by atoms with Gasteiger partial charge in [0.2, 0.25) is 0 Å². The molecule has 4 nitrogen and oxygen atoms in total. The van der Waals surface area contributed by atoms with Crippen molar-refractivity contribution in [2.24, 2.45) is 0 Å². The predicted octanol–water partition coefficient (Wildman–Crippen LogP) is 4.83. The van der Waals surface area contributed by atoms with E-state index in [0.717, 1.165) is 24.1 Å². The van der Waals surface area contributed by atoms with E-state index >= 15 is 0 Å². The van der Waals surface area contributed by atoms with Crippen LogP contribution in [-0.4, -0.2) is 24.1 Å². The Balaban J connectivity index is 0.000000791. The van der Waals surface area contributed by atoms with Gasteiger partial charge in [0.1, 0.15) is 6.61 Å². The maximum absolute atomic E-state index is 12.2. The summed E-state index contributed by atoms with van der Waals surface area (Å²) in [6.45, 7) is 6.92. The molecule has 0 radical (unpaired) electrons. The van der Waals surface area contributed by atoms with Crippen molar-refractivity contribution in [2.75, 3.05) is 18.8 Å². The van der Waals surface area contributed by atoms with E-state index in [1.807, 2.05) is 49.4 Å². The number of amides is 1. The highest BCUT2D eigenvalue weighted by molar-refractivity contribution is 5.68. The van der Waals surface area contributed by atoms with Crippen LogP contribution in [0.1, 0.15) is 31.0 Å². The fourth-order valence-electron chi connectivity index (χ4n) is 2.74. The number of carbonyl (C=O) groups excluding carboxylic acids is 1. The van der Waals surface area contributed by atoms with E-state index in [-0.39, 0.29) is 13.5 Å². The van der Waals surface area contributed by atoms with Gasteiger partial charge in [-0.25, -0.2) is 4.79 Å². The van der Waals surface area contributed by atoms with Crippen molar-refractivity contribution in [2.45, 2.75) is 33.8 Å². The first-order valence-corrected chi connectivity index (χ1v) is 8.54. The molecule has 0 saturated heterocycles. The van der Waals surface area contributed by atoms with Crippen LogP contribution in [-0.2, 0) is 24.2 Å². The molecule has 1 aliphatic heterocycles. The Morgan fingerprint density at radius 2 is 1.77 bits per heavy atom. The van der Waals surface area contributed by atoms with Gasteiger partial charge >= 0.3 is 6.09 Å². The molecule has 0 aliphatic carbocycles. The third-order valence-electron chi connectivity index (χ3n) is 4.00. The maximum atomic E-state index is 12.2. The summed E-state index contributed by atoms with van der Waals surface area (Å²) < 4.78 is 5.41. The van der Waals surface area contributed by atoms with Crippen molar-refractivity contribution in [1.82, 2.24) is 4.90 Å². The van der Waals surface area contributed by atoms with E-state index < -0.39 is 0 Å². The quantitative estimate of drug-likeness (QED) is 0.620. The monoisotopic (exact) mass is 354 g/mol. The number of nitrogens with two attached hydrogens (primary N) is 1. The number of hydrogen-bond acceptors (Lipinski definition) is 3. The topological polar surface area (TPSA) is 55.6 Å². The number of hydrogen-bond donors (Lipinski definition) is 1. The second-order valence-corrected chi connectivity index (χ2v) is 5.96. The van der Waals surface area contributed by atoms with Crippen molar-refractivity contribution in [3.8, 4) is 0 Å². The Bertz CT molecular complexity index is 699. The molecular weight excluding hydrogens is 324 g/mol. The van der Waals surface area contributed by atoms with E-state index in [0.29, 0.717) is 19.7 Å². The first-order chi connectivity index (χ1) is 12.1. The molecular formula is C22H30N2O2. The second-order valence-electron chi connectivity index (χ2n) is 5.96. The van der Waals surface area contributed by atoms with E-state index in [4.69, 9.17) is 10.5 Å². The lowest BCUT2D eigenvalue weighted by Gasteiger charge is -2.19. The number of allylic oxidation sites excluding steroid dienone is 1. The van der Waals surface area contributed by atoms with Gasteiger partial charge in [0, 0.05) is 18.8 Å². The first kappa shape index (κ1) is 21.3. The van der Waals surface area contributed by atoms with Crippen molar-refractivity contribution >= 4 is 11.8 Å². The molecule has 0 saturated carbocycles. The summed E-state index contributed by atoms with van der Waals surface area (Å²) >= 11 is 0. The molecule has 1 aliphatic rings. The summed E-state index contributed by atoms with van der Waals surface area (Å²) in [6.07, 6.45) is 3.17. The minimum absolute atomic E-state index is 0. The number of carbonyl (C=O) groups is 1. The summed E-state index contributed by atoms with van der Waals surface area (Å²) in [5.74, 6) is 0. The zero-order valence-electron chi connectivity index (χ0n) is 14.8. The van der Waals surface area contributed by atoms with E-state index in [2.05, 4.69) is 12.6 Å². The van der Waals surface area contributed by atoms with Crippen LogP contribution >= 0.6 is 0 Å². The molecule has 2 aromatic carbocycles. The molecule has 0 bridgehead atoms. The Morgan fingerprint density at radius 1 is 1.15 bits per heavy atom. The molecule has 2 N–H and O–H groups in total. The van der Waals surface area contributed by atoms with Gasteiger partial charge in [-0.3, -0.25) is 0 Å². The lowest BCUT2D eigenvalue weighted by molar-refractivity contribution is 0.0977. The summed E-state index contributed by atoms with van der Waals surface area (Å²) in [5.41, 5.74) is 10.1. The number of nitrogens with zero attached hydrogens (tertiary/aromatic N) is 1.